The number of carboxylic acid groups (broad SMARTS) is 1. The number of aromatic amines is 1. The number of carbonyl (C=O) groups is 2. The Labute approximate surface area is 161 Å². The zero-order chi connectivity index (χ0) is 19.8. The average Bonchev–Trinajstić information content (AvgIpc) is 3.30. The molecule has 2 aromatic heterocycles. The van der Waals surface area contributed by atoms with Gasteiger partial charge in [0.2, 0.25) is 0 Å². The molecule has 2 N–H and O–H groups in total. The monoisotopic (exact) mass is 382 g/mol. The molecule has 1 aliphatic rings. The van der Waals surface area contributed by atoms with E-state index in [-0.39, 0.29) is 17.5 Å². The zero-order valence-corrected chi connectivity index (χ0v) is 15.8. The fourth-order valence-electron chi connectivity index (χ4n) is 3.84. The summed E-state index contributed by atoms with van der Waals surface area (Å²) < 4.78 is 7.01. The van der Waals surface area contributed by atoms with Crippen molar-refractivity contribution in [1.29, 1.82) is 0 Å². The molecule has 146 valence electrons. The smallest absolute Gasteiger partial charge is 0.339 e. The van der Waals surface area contributed by atoms with Gasteiger partial charge in [-0.2, -0.15) is 5.10 Å². The van der Waals surface area contributed by atoms with Crippen LogP contribution in [-0.2, 0) is 0 Å². The van der Waals surface area contributed by atoms with E-state index in [1.165, 1.54) is 6.20 Å². The number of carbonyl (C=O) groups excluding carboxylic acids is 1. The molecule has 3 aromatic rings. The van der Waals surface area contributed by atoms with E-state index < -0.39 is 5.97 Å². The van der Waals surface area contributed by atoms with Crippen molar-refractivity contribution in [1.82, 2.24) is 19.7 Å². The number of piperidine rings is 1. The van der Waals surface area contributed by atoms with Crippen LogP contribution < -0.4 is 4.74 Å². The number of hydrogen-bond donors (Lipinski definition) is 2. The van der Waals surface area contributed by atoms with Gasteiger partial charge < -0.3 is 19.7 Å². The highest BCUT2D eigenvalue weighted by Crippen LogP contribution is 2.27. The second-order valence-electron chi connectivity index (χ2n) is 7.05. The van der Waals surface area contributed by atoms with Crippen LogP contribution in [0.5, 0.6) is 5.75 Å². The van der Waals surface area contributed by atoms with E-state index in [0.717, 1.165) is 29.5 Å². The van der Waals surface area contributed by atoms with Crippen LogP contribution in [0.15, 0.2) is 30.5 Å². The molecule has 1 aliphatic heterocycles. The minimum Gasteiger partial charge on any atom is -0.497 e. The molecule has 0 bridgehead atoms. The standard InChI is InChI=1S/C20H22N4O4/c1-12-16(20(26)27)11-21-24(12)14-5-7-23(8-6-14)19(25)18-10-13-9-15(28-2)3-4-17(13)22-18/h3-4,9-11,14,22H,5-8H2,1-2H3,(H,26,27). The molecule has 3 heterocycles. The van der Waals surface area contributed by atoms with Crippen LogP contribution in [0.3, 0.4) is 0 Å². The number of aromatic carboxylic acids is 1. The first-order chi connectivity index (χ1) is 13.5. The number of methoxy groups -OCH3 is 1. The van der Waals surface area contributed by atoms with Crippen LogP contribution in [0.2, 0.25) is 0 Å². The van der Waals surface area contributed by atoms with Gasteiger partial charge in [0.15, 0.2) is 0 Å². The summed E-state index contributed by atoms with van der Waals surface area (Å²) in [4.78, 5) is 29.1. The average molecular weight is 382 g/mol. The van der Waals surface area contributed by atoms with Crippen molar-refractivity contribution in [3.8, 4) is 5.75 Å². The second kappa shape index (κ2) is 7.03. The summed E-state index contributed by atoms with van der Waals surface area (Å²) in [6.45, 7) is 2.97. The molecule has 0 atom stereocenters. The third-order valence-corrected chi connectivity index (χ3v) is 5.43. The van der Waals surface area contributed by atoms with E-state index in [1.54, 1.807) is 18.7 Å². The molecule has 4 rings (SSSR count). The van der Waals surface area contributed by atoms with Crippen molar-refractivity contribution in [2.24, 2.45) is 0 Å². The number of aromatic nitrogens is 3. The molecular formula is C20H22N4O4. The number of hydrogen-bond acceptors (Lipinski definition) is 4. The Morgan fingerprint density at radius 2 is 2.00 bits per heavy atom. The summed E-state index contributed by atoms with van der Waals surface area (Å²) in [6.07, 6.45) is 2.87. The molecule has 0 aliphatic carbocycles. The predicted molar refractivity (Wildman–Crippen MR) is 103 cm³/mol. The van der Waals surface area contributed by atoms with Gasteiger partial charge in [0.05, 0.1) is 25.0 Å². The topological polar surface area (TPSA) is 100 Å². The zero-order valence-electron chi connectivity index (χ0n) is 15.8. The summed E-state index contributed by atoms with van der Waals surface area (Å²) in [6, 6.07) is 7.61. The lowest BCUT2D eigenvalue weighted by Gasteiger charge is -2.32. The van der Waals surface area contributed by atoms with Crippen LogP contribution in [0, 0.1) is 6.92 Å². The van der Waals surface area contributed by atoms with Crippen molar-refractivity contribution < 1.29 is 19.4 Å². The summed E-state index contributed by atoms with van der Waals surface area (Å²) in [7, 11) is 1.62. The molecule has 0 unspecified atom stereocenters. The Kier molecular flexibility index (Phi) is 4.54. The summed E-state index contributed by atoms with van der Waals surface area (Å²) in [5.74, 6) is -0.245. The fraction of sp³-hybridized carbons (Fsp3) is 0.350. The lowest BCUT2D eigenvalue weighted by molar-refractivity contribution is 0.0683. The third kappa shape index (κ3) is 3.11. The molecule has 0 saturated carbocycles. The third-order valence-electron chi connectivity index (χ3n) is 5.43. The number of nitrogens with one attached hydrogen (secondary N) is 1. The first kappa shape index (κ1) is 18.1. The van der Waals surface area contributed by atoms with Crippen LogP contribution in [0.4, 0.5) is 0 Å². The molecule has 8 heteroatoms. The van der Waals surface area contributed by atoms with E-state index in [9.17, 15) is 14.7 Å². The van der Waals surface area contributed by atoms with Gasteiger partial charge in [0.25, 0.3) is 5.91 Å². The van der Waals surface area contributed by atoms with Gasteiger partial charge >= 0.3 is 5.97 Å². The van der Waals surface area contributed by atoms with E-state index in [2.05, 4.69) is 10.1 Å². The van der Waals surface area contributed by atoms with Crippen LogP contribution in [0.25, 0.3) is 10.9 Å². The van der Waals surface area contributed by atoms with Gasteiger partial charge in [0.1, 0.15) is 17.0 Å². The van der Waals surface area contributed by atoms with Crippen LogP contribution in [-0.4, -0.2) is 56.8 Å². The second-order valence-corrected chi connectivity index (χ2v) is 7.05. The number of carboxylic acids is 1. The summed E-state index contributed by atoms with van der Waals surface area (Å²) in [5.41, 5.74) is 2.34. The summed E-state index contributed by atoms with van der Waals surface area (Å²) in [5, 5.41) is 14.4. The largest absolute Gasteiger partial charge is 0.497 e. The Hall–Kier alpha value is -3.29. The number of amides is 1. The van der Waals surface area contributed by atoms with Gasteiger partial charge in [-0.3, -0.25) is 9.48 Å². The Morgan fingerprint density at radius 1 is 1.25 bits per heavy atom. The molecule has 1 aromatic carbocycles. The number of likely N-dealkylation sites (tertiary alicyclic amines) is 1. The molecular weight excluding hydrogens is 360 g/mol. The van der Waals surface area contributed by atoms with Gasteiger partial charge in [0, 0.05) is 24.0 Å². The normalized spacial score (nSPS) is 15.1. The van der Waals surface area contributed by atoms with Crippen molar-refractivity contribution >= 4 is 22.8 Å². The SMILES string of the molecule is COc1ccc2[nH]c(C(=O)N3CCC(n4ncc(C(=O)O)c4C)CC3)cc2c1. The Balaban J connectivity index is 1.46. The van der Waals surface area contributed by atoms with Crippen LogP contribution in [0.1, 0.15) is 45.4 Å². The maximum Gasteiger partial charge on any atom is 0.339 e. The highest BCUT2D eigenvalue weighted by molar-refractivity contribution is 5.98. The molecule has 28 heavy (non-hydrogen) atoms. The quantitative estimate of drug-likeness (QED) is 0.723. The molecule has 0 spiro atoms. The first-order valence-corrected chi connectivity index (χ1v) is 9.21. The number of rotatable bonds is 4. The van der Waals surface area contributed by atoms with E-state index >= 15 is 0 Å². The number of H-pyrrole nitrogens is 1. The lowest BCUT2D eigenvalue weighted by Crippen LogP contribution is -2.39. The number of benzene rings is 1. The van der Waals surface area contributed by atoms with Gasteiger partial charge in [-0.15, -0.1) is 0 Å². The minimum atomic E-state index is -0.966. The first-order valence-electron chi connectivity index (χ1n) is 9.21. The molecule has 1 saturated heterocycles. The van der Waals surface area contributed by atoms with E-state index in [1.807, 2.05) is 29.2 Å². The van der Waals surface area contributed by atoms with Crippen molar-refractivity contribution in [3.05, 3.63) is 47.4 Å². The number of ether oxygens (including phenoxy) is 1. The fourth-order valence-corrected chi connectivity index (χ4v) is 3.84. The Morgan fingerprint density at radius 3 is 2.64 bits per heavy atom. The summed E-state index contributed by atoms with van der Waals surface area (Å²) >= 11 is 0. The van der Waals surface area contributed by atoms with Gasteiger partial charge in [-0.1, -0.05) is 0 Å². The maximum atomic E-state index is 12.9. The Bertz CT molecular complexity index is 1040. The number of fused-ring (bicyclic) bond motifs is 1. The highest BCUT2D eigenvalue weighted by Gasteiger charge is 2.27. The van der Waals surface area contributed by atoms with E-state index in [4.69, 9.17) is 4.74 Å². The van der Waals surface area contributed by atoms with Crippen molar-refractivity contribution in [3.63, 3.8) is 0 Å². The highest BCUT2D eigenvalue weighted by atomic mass is 16.5. The molecule has 1 amide bonds. The van der Waals surface area contributed by atoms with Gasteiger partial charge in [-0.25, -0.2) is 4.79 Å². The maximum absolute atomic E-state index is 12.9. The minimum absolute atomic E-state index is 0.0305. The lowest BCUT2D eigenvalue weighted by atomic mass is 10.0. The van der Waals surface area contributed by atoms with Crippen molar-refractivity contribution in [2.45, 2.75) is 25.8 Å². The van der Waals surface area contributed by atoms with Crippen molar-refractivity contribution in [2.75, 3.05) is 20.2 Å². The molecule has 0 radical (unpaired) electrons. The molecule has 8 nitrogen and oxygen atoms in total. The molecule has 1 fully saturated rings. The number of nitrogens with zero attached hydrogens (tertiary/aromatic N) is 3. The predicted octanol–water partition coefficient (Wildman–Crippen LogP) is 2.86. The van der Waals surface area contributed by atoms with Gasteiger partial charge in [-0.05, 0) is 44.0 Å². The van der Waals surface area contributed by atoms with Crippen LogP contribution >= 0.6 is 0 Å². The van der Waals surface area contributed by atoms with E-state index in [0.29, 0.717) is 24.5 Å².